The average Bonchev–Trinajstić information content (AvgIpc) is 2.91. The van der Waals surface area contributed by atoms with Crippen LogP contribution in [0.2, 0.25) is 0 Å². The van der Waals surface area contributed by atoms with Gasteiger partial charge in [-0.25, -0.2) is 4.98 Å². The molecule has 7 nitrogen and oxygen atoms in total. The minimum absolute atomic E-state index is 0.444. The lowest BCUT2D eigenvalue weighted by Gasteiger charge is -2.32. The van der Waals surface area contributed by atoms with E-state index in [0.29, 0.717) is 11.8 Å². The molecule has 0 amide bonds. The number of rotatable bonds is 5. The zero-order valence-corrected chi connectivity index (χ0v) is 20.4. The van der Waals surface area contributed by atoms with Crippen molar-refractivity contribution in [3.8, 4) is 23.0 Å². The zero-order valence-electron chi connectivity index (χ0n) is 20.4. The maximum atomic E-state index is 6.30. The summed E-state index contributed by atoms with van der Waals surface area (Å²) in [5, 5.41) is 3.21. The molecule has 1 fully saturated rings. The highest BCUT2D eigenvalue weighted by molar-refractivity contribution is 5.74. The van der Waals surface area contributed by atoms with Gasteiger partial charge in [0.2, 0.25) is 5.95 Å². The molecule has 0 saturated carbocycles. The molecule has 0 unspecified atom stereocenters. The van der Waals surface area contributed by atoms with Crippen molar-refractivity contribution in [1.29, 1.82) is 0 Å². The van der Waals surface area contributed by atoms with E-state index in [2.05, 4.69) is 73.2 Å². The molecule has 3 N–H and O–H groups in total. The van der Waals surface area contributed by atoms with Gasteiger partial charge in [-0.15, -0.1) is 0 Å². The normalized spacial score (nSPS) is 14.1. The summed E-state index contributed by atoms with van der Waals surface area (Å²) in [6, 6.07) is 20.1. The van der Waals surface area contributed by atoms with E-state index in [4.69, 9.17) is 5.73 Å². The van der Waals surface area contributed by atoms with Crippen LogP contribution in [-0.4, -0.2) is 58.0 Å². The molecular formula is C29H29N7. The summed E-state index contributed by atoms with van der Waals surface area (Å²) in [6.07, 6.45) is 5.24. The smallest absolute Gasteiger partial charge is 0.229 e. The highest BCUT2D eigenvalue weighted by Crippen LogP contribution is 2.26. The van der Waals surface area contributed by atoms with Gasteiger partial charge in [0.15, 0.2) is 0 Å². The van der Waals surface area contributed by atoms with Gasteiger partial charge in [-0.1, -0.05) is 36.1 Å². The van der Waals surface area contributed by atoms with Crippen LogP contribution in [0, 0.1) is 11.8 Å². The van der Waals surface area contributed by atoms with Crippen LogP contribution in [0.25, 0.3) is 11.1 Å². The van der Waals surface area contributed by atoms with Gasteiger partial charge in [0, 0.05) is 73.7 Å². The van der Waals surface area contributed by atoms with E-state index >= 15 is 0 Å². The summed E-state index contributed by atoms with van der Waals surface area (Å²) in [4.78, 5) is 17.8. The topological polar surface area (TPSA) is 83.2 Å². The number of pyridine rings is 1. The van der Waals surface area contributed by atoms with Crippen molar-refractivity contribution in [3.63, 3.8) is 0 Å². The van der Waals surface area contributed by atoms with E-state index < -0.39 is 0 Å². The maximum absolute atomic E-state index is 6.30. The molecule has 0 atom stereocenters. The Morgan fingerprint density at radius 3 is 2.19 bits per heavy atom. The lowest BCUT2D eigenvalue weighted by Crippen LogP contribution is -2.43. The molecule has 2 aromatic heterocycles. The summed E-state index contributed by atoms with van der Waals surface area (Å²) in [5.74, 6) is 7.18. The minimum Gasteiger partial charge on any atom is -0.383 e. The van der Waals surface area contributed by atoms with E-state index in [1.54, 1.807) is 18.6 Å². The molecule has 4 aromatic rings. The van der Waals surface area contributed by atoms with Gasteiger partial charge in [-0.3, -0.25) is 9.88 Å². The van der Waals surface area contributed by atoms with Gasteiger partial charge in [-0.05, 0) is 54.6 Å². The molecule has 36 heavy (non-hydrogen) atoms. The Labute approximate surface area is 212 Å². The Bertz CT molecular complexity index is 1350. The molecule has 0 aliphatic carbocycles. The third-order valence-corrected chi connectivity index (χ3v) is 6.26. The monoisotopic (exact) mass is 475 g/mol. The van der Waals surface area contributed by atoms with Crippen LogP contribution in [0.15, 0.2) is 79.3 Å². The van der Waals surface area contributed by atoms with Crippen molar-refractivity contribution in [2.75, 3.05) is 44.3 Å². The van der Waals surface area contributed by atoms with Gasteiger partial charge >= 0.3 is 0 Å². The van der Waals surface area contributed by atoms with Gasteiger partial charge in [0.1, 0.15) is 5.82 Å². The van der Waals surface area contributed by atoms with Gasteiger partial charge < -0.3 is 16.0 Å². The number of anilines is 3. The predicted octanol–water partition coefficient (Wildman–Crippen LogP) is 4.01. The predicted molar refractivity (Wildman–Crippen MR) is 145 cm³/mol. The third-order valence-electron chi connectivity index (χ3n) is 6.26. The van der Waals surface area contributed by atoms with Crippen molar-refractivity contribution in [2.45, 2.75) is 6.54 Å². The summed E-state index contributed by atoms with van der Waals surface area (Å²) in [5.41, 5.74) is 12.2. The molecule has 5 rings (SSSR count). The Morgan fingerprint density at radius 2 is 1.53 bits per heavy atom. The molecule has 0 bridgehead atoms. The summed E-state index contributed by atoms with van der Waals surface area (Å²) < 4.78 is 0. The summed E-state index contributed by atoms with van der Waals surface area (Å²) in [6.45, 7) is 5.43. The summed E-state index contributed by atoms with van der Waals surface area (Å²) >= 11 is 0. The largest absolute Gasteiger partial charge is 0.383 e. The number of hydrogen-bond donors (Lipinski definition) is 2. The number of hydrogen-bond acceptors (Lipinski definition) is 7. The summed E-state index contributed by atoms with van der Waals surface area (Å²) in [7, 11) is 2.18. The maximum Gasteiger partial charge on any atom is 0.229 e. The fourth-order valence-corrected chi connectivity index (χ4v) is 4.08. The second-order valence-corrected chi connectivity index (χ2v) is 8.96. The SMILES string of the molecule is CN1CCN(Cc2ccc(-c3cnc(Nc4ccc(C#Cc5ccncc5)cc4)nc3N)cc2)CC1. The van der Waals surface area contributed by atoms with E-state index in [1.807, 2.05) is 36.4 Å². The highest BCUT2D eigenvalue weighted by atomic mass is 15.2. The Balaban J connectivity index is 1.21. The average molecular weight is 476 g/mol. The zero-order chi connectivity index (χ0) is 24.7. The first-order valence-corrected chi connectivity index (χ1v) is 12.0. The van der Waals surface area contributed by atoms with E-state index in [1.165, 1.54) is 5.56 Å². The van der Waals surface area contributed by atoms with E-state index in [-0.39, 0.29) is 0 Å². The lowest BCUT2D eigenvalue weighted by molar-refractivity contribution is 0.148. The van der Waals surface area contributed by atoms with Crippen molar-refractivity contribution >= 4 is 17.5 Å². The first kappa shape index (κ1) is 23.5. The molecular weight excluding hydrogens is 446 g/mol. The molecule has 180 valence electrons. The number of piperazine rings is 1. The van der Waals surface area contributed by atoms with Crippen molar-refractivity contribution in [1.82, 2.24) is 24.8 Å². The number of benzene rings is 2. The van der Waals surface area contributed by atoms with Crippen LogP contribution in [0.3, 0.4) is 0 Å². The van der Waals surface area contributed by atoms with Gasteiger partial charge in [0.05, 0.1) is 0 Å². The Morgan fingerprint density at radius 1 is 0.861 bits per heavy atom. The van der Waals surface area contributed by atoms with Crippen molar-refractivity contribution < 1.29 is 0 Å². The second kappa shape index (κ2) is 11.0. The first-order chi connectivity index (χ1) is 17.6. The lowest BCUT2D eigenvalue weighted by atomic mass is 10.1. The number of nitrogens with one attached hydrogen (secondary N) is 1. The molecule has 0 spiro atoms. The minimum atomic E-state index is 0.444. The number of nitrogen functional groups attached to an aromatic ring is 1. The van der Waals surface area contributed by atoms with Crippen LogP contribution >= 0.6 is 0 Å². The van der Waals surface area contributed by atoms with Crippen LogP contribution in [0.4, 0.5) is 17.5 Å². The van der Waals surface area contributed by atoms with E-state index in [0.717, 1.165) is 60.7 Å². The van der Waals surface area contributed by atoms with Gasteiger partial charge in [-0.2, -0.15) is 4.98 Å². The molecule has 7 heteroatoms. The Hall–Kier alpha value is -4.25. The number of likely N-dealkylation sites (N-methyl/N-ethyl adjacent to an activating group) is 1. The van der Waals surface area contributed by atoms with Crippen LogP contribution in [0.1, 0.15) is 16.7 Å². The molecule has 1 aliphatic rings. The third kappa shape index (κ3) is 6.05. The van der Waals surface area contributed by atoms with Crippen molar-refractivity contribution in [2.24, 2.45) is 0 Å². The van der Waals surface area contributed by atoms with Crippen molar-refractivity contribution in [3.05, 3.63) is 95.9 Å². The molecule has 1 saturated heterocycles. The standard InChI is InChI=1S/C29H29N7/c1-35-16-18-36(19-17-35)21-24-4-8-25(9-5-24)27-20-32-29(34-28(27)30)33-26-10-6-22(7-11-26)2-3-23-12-14-31-15-13-23/h4-15,20H,16-19,21H2,1H3,(H3,30,32,33,34). The van der Waals surface area contributed by atoms with Crippen LogP contribution in [-0.2, 0) is 6.54 Å². The number of aromatic nitrogens is 3. The molecule has 1 aliphatic heterocycles. The van der Waals surface area contributed by atoms with Crippen LogP contribution in [0.5, 0.6) is 0 Å². The Kier molecular flexibility index (Phi) is 7.17. The first-order valence-electron chi connectivity index (χ1n) is 12.0. The number of nitrogens with zero attached hydrogens (tertiary/aromatic N) is 5. The molecule has 0 radical (unpaired) electrons. The highest BCUT2D eigenvalue weighted by Gasteiger charge is 2.14. The second-order valence-electron chi connectivity index (χ2n) is 8.96. The number of nitrogens with two attached hydrogens (primary N) is 1. The fraction of sp³-hybridized carbons (Fsp3) is 0.207. The van der Waals surface area contributed by atoms with E-state index in [9.17, 15) is 0 Å². The molecule has 3 heterocycles. The quantitative estimate of drug-likeness (QED) is 0.422. The fourth-order valence-electron chi connectivity index (χ4n) is 4.08. The van der Waals surface area contributed by atoms with Gasteiger partial charge in [0.25, 0.3) is 0 Å². The molecule has 2 aromatic carbocycles. The van der Waals surface area contributed by atoms with Crippen LogP contribution < -0.4 is 11.1 Å².